The van der Waals surface area contributed by atoms with Crippen LogP contribution in [0.3, 0.4) is 0 Å². The van der Waals surface area contributed by atoms with E-state index in [2.05, 4.69) is 39.6 Å². The molecule has 0 spiro atoms. The van der Waals surface area contributed by atoms with Crippen molar-refractivity contribution in [1.82, 2.24) is 0 Å². The van der Waals surface area contributed by atoms with Crippen molar-refractivity contribution >= 4 is 5.90 Å². The fraction of sp³-hybridized carbons (Fsp3) is 0.700. The molecule has 68 valence electrons. The Hall–Kier alpha value is -0.790. The van der Waals surface area contributed by atoms with Crippen molar-refractivity contribution in [2.45, 2.75) is 40.2 Å². The lowest BCUT2D eigenvalue weighted by molar-refractivity contribution is 0.354. The number of hydrogen-bond donors (Lipinski definition) is 0. The van der Waals surface area contributed by atoms with Crippen LogP contribution >= 0.6 is 0 Å². The third-order valence-corrected chi connectivity index (χ3v) is 1.69. The van der Waals surface area contributed by atoms with Crippen LogP contribution in [0.1, 0.15) is 34.6 Å². The lowest BCUT2D eigenvalue weighted by Crippen LogP contribution is -2.29. The van der Waals surface area contributed by atoms with Gasteiger partial charge in [0.15, 0.2) is 5.90 Å². The van der Waals surface area contributed by atoms with Crippen molar-refractivity contribution in [3.63, 3.8) is 0 Å². The van der Waals surface area contributed by atoms with E-state index in [0.717, 1.165) is 5.90 Å². The van der Waals surface area contributed by atoms with Crippen LogP contribution in [-0.4, -0.2) is 11.4 Å². The zero-order chi connectivity index (χ0) is 9.41. The first-order valence-corrected chi connectivity index (χ1v) is 4.26. The summed E-state index contributed by atoms with van der Waals surface area (Å²) in [6.45, 7) is 10.4. The Morgan fingerprint density at radius 1 is 1.33 bits per heavy atom. The standard InChI is InChI=1S/C10H17NO/c1-9(2,3)8-11-10(4,5)6-7-12-8/h6-7H,1-5H3. The molecule has 0 radical (unpaired) electrons. The number of nitrogens with zero attached hydrogens (tertiary/aromatic N) is 1. The van der Waals surface area contributed by atoms with Gasteiger partial charge in [0.25, 0.3) is 0 Å². The van der Waals surface area contributed by atoms with Crippen LogP contribution in [0, 0.1) is 5.41 Å². The fourth-order valence-corrected chi connectivity index (χ4v) is 0.935. The van der Waals surface area contributed by atoms with Crippen LogP contribution in [0.2, 0.25) is 0 Å². The van der Waals surface area contributed by atoms with Gasteiger partial charge in [0.05, 0.1) is 11.8 Å². The third-order valence-electron chi connectivity index (χ3n) is 1.69. The minimum absolute atomic E-state index is 0.00201. The summed E-state index contributed by atoms with van der Waals surface area (Å²) in [7, 11) is 0. The molecule has 12 heavy (non-hydrogen) atoms. The van der Waals surface area contributed by atoms with Gasteiger partial charge in [0, 0.05) is 5.41 Å². The number of rotatable bonds is 0. The maximum absolute atomic E-state index is 5.35. The Morgan fingerprint density at radius 2 is 1.92 bits per heavy atom. The molecule has 0 aromatic heterocycles. The molecular weight excluding hydrogens is 150 g/mol. The van der Waals surface area contributed by atoms with E-state index < -0.39 is 0 Å². The van der Waals surface area contributed by atoms with Gasteiger partial charge in [-0.3, -0.25) is 0 Å². The topological polar surface area (TPSA) is 21.6 Å². The maximum Gasteiger partial charge on any atom is 0.195 e. The maximum atomic E-state index is 5.35. The van der Waals surface area contributed by atoms with E-state index in [4.69, 9.17) is 4.74 Å². The highest BCUT2D eigenvalue weighted by Crippen LogP contribution is 2.24. The number of aliphatic imine (C=N–C) groups is 1. The molecule has 0 saturated carbocycles. The van der Waals surface area contributed by atoms with Gasteiger partial charge >= 0.3 is 0 Å². The molecule has 0 fully saturated rings. The molecule has 2 nitrogen and oxygen atoms in total. The summed E-state index contributed by atoms with van der Waals surface area (Å²) in [6.07, 6.45) is 3.69. The highest BCUT2D eigenvalue weighted by atomic mass is 16.5. The Labute approximate surface area is 74.3 Å². The van der Waals surface area contributed by atoms with Crippen molar-refractivity contribution in [3.8, 4) is 0 Å². The quantitative estimate of drug-likeness (QED) is 0.543. The van der Waals surface area contributed by atoms with Gasteiger partial charge in [-0.15, -0.1) is 0 Å². The van der Waals surface area contributed by atoms with Crippen molar-refractivity contribution < 1.29 is 4.74 Å². The number of ether oxygens (including phenoxy) is 1. The third kappa shape index (κ3) is 2.10. The van der Waals surface area contributed by atoms with Crippen molar-refractivity contribution in [3.05, 3.63) is 12.3 Å². The van der Waals surface area contributed by atoms with Gasteiger partial charge in [-0.25, -0.2) is 4.99 Å². The molecule has 0 saturated heterocycles. The molecule has 1 rings (SSSR count). The molecule has 0 aromatic rings. The molecule has 0 amide bonds. The fourth-order valence-electron chi connectivity index (χ4n) is 0.935. The van der Waals surface area contributed by atoms with Crippen LogP contribution in [0.5, 0.6) is 0 Å². The van der Waals surface area contributed by atoms with Gasteiger partial charge < -0.3 is 4.74 Å². The lowest BCUT2D eigenvalue weighted by Gasteiger charge is -2.27. The predicted octanol–water partition coefficient (Wildman–Crippen LogP) is 2.75. The Kier molecular flexibility index (Phi) is 2.02. The second-order valence-corrected chi connectivity index (χ2v) is 4.74. The predicted molar refractivity (Wildman–Crippen MR) is 51.2 cm³/mol. The second kappa shape index (κ2) is 2.61. The zero-order valence-corrected chi connectivity index (χ0v) is 8.51. The smallest absolute Gasteiger partial charge is 0.195 e. The Balaban J connectivity index is 2.89. The van der Waals surface area contributed by atoms with E-state index in [1.807, 2.05) is 6.08 Å². The summed E-state index contributed by atoms with van der Waals surface area (Å²) in [5.41, 5.74) is -0.108. The van der Waals surface area contributed by atoms with E-state index >= 15 is 0 Å². The summed E-state index contributed by atoms with van der Waals surface area (Å²) in [6, 6.07) is 0. The van der Waals surface area contributed by atoms with Gasteiger partial charge in [-0.1, -0.05) is 20.8 Å². The normalized spacial score (nSPS) is 21.6. The average Bonchev–Trinajstić information content (AvgIpc) is 1.83. The van der Waals surface area contributed by atoms with Gasteiger partial charge in [0.2, 0.25) is 0 Å². The van der Waals surface area contributed by atoms with Crippen molar-refractivity contribution in [1.29, 1.82) is 0 Å². The molecule has 0 aliphatic carbocycles. The van der Waals surface area contributed by atoms with Crippen molar-refractivity contribution in [2.24, 2.45) is 10.4 Å². The molecule has 0 aromatic carbocycles. The Bertz CT molecular complexity index is 231. The highest BCUT2D eigenvalue weighted by molar-refractivity contribution is 5.83. The first-order chi connectivity index (χ1) is 5.31. The highest BCUT2D eigenvalue weighted by Gasteiger charge is 2.26. The SMILES string of the molecule is CC1(C)C=COC(C(C)(C)C)=N1. The monoisotopic (exact) mass is 167 g/mol. The van der Waals surface area contributed by atoms with Gasteiger partial charge in [-0.05, 0) is 19.9 Å². The number of hydrogen-bond acceptors (Lipinski definition) is 2. The Morgan fingerprint density at radius 3 is 2.25 bits per heavy atom. The van der Waals surface area contributed by atoms with Crippen molar-refractivity contribution in [2.75, 3.05) is 0 Å². The van der Waals surface area contributed by atoms with E-state index in [-0.39, 0.29) is 11.0 Å². The molecular formula is C10H17NO. The second-order valence-electron chi connectivity index (χ2n) is 4.74. The minimum atomic E-state index is -0.110. The molecule has 0 atom stereocenters. The summed E-state index contributed by atoms with van der Waals surface area (Å²) in [5.74, 6) is 0.815. The summed E-state index contributed by atoms with van der Waals surface area (Å²) in [4.78, 5) is 4.49. The molecule has 2 heteroatoms. The molecule has 1 heterocycles. The van der Waals surface area contributed by atoms with Crippen LogP contribution in [-0.2, 0) is 4.74 Å². The average molecular weight is 167 g/mol. The summed E-state index contributed by atoms with van der Waals surface area (Å²) < 4.78 is 5.35. The largest absolute Gasteiger partial charge is 0.451 e. The zero-order valence-electron chi connectivity index (χ0n) is 8.51. The van der Waals surface area contributed by atoms with Crippen LogP contribution in [0.4, 0.5) is 0 Å². The van der Waals surface area contributed by atoms with E-state index in [1.54, 1.807) is 6.26 Å². The molecule has 0 unspecified atom stereocenters. The molecule has 1 aliphatic rings. The van der Waals surface area contributed by atoms with Gasteiger partial charge in [0.1, 0.15) is 0 Å². The first kappa shape index (κ1) is 9.30. The van der Waals surface area contributed by atoms with E-state index in [1.165, 1.54) is 0 Å². The molecule has 1 aliphatic heterocycles. The van der Waals surface area contributed by atoms with Gasteiger partial charge in [-0.2, -0.15) is 0 Å². The first-order valence-electron chi connectivity index (χ1n) is 4.26. The van der Waals surface area contributed by atoms with E-state index in [0.29, 0.717) is 0 Å². The lowest BCUT2D eigenvalue weighted by atomic mass is 9.94. The summed E-state index contributed by atoms with van der Waals surface area (Å²) in [5, 5.41) is 0. The van der Waals surface area contributed by atoms with Crippen LogP contribution < -0.4 is 0 Å². The van der Waals surface area contributed by atoms with E-state index in [9.17, 15) is 0 Å². The summed E-state index contributed by atoms with van der Waals surface area (Å²) >= 11 is 0. The van der Waals surface area contributed by atoms with Crippen LogP contribution in [0.15, 0.2) is 17.3 Å². The molecule has 0 bridgehead atoms. The van der Waals surface area contributed by atoms with Crippen LogP contribution in [0.25, 0.3) is 0 Å². The molecule has 0 N–H and O–H groups in total. The minimum Gasteiger partial charge on any atom is -0.451 e.